The van der Waals surface area contributed by atoms with E-state index in [0.29, 0.717) is 31.6 Å². The predicted molar refractivity (Wildman–Crippen MR) is 107 cm³/mol. The van der Waals surface area contributed by atoms with Crippen LogP contribution in [0.4, 0.5) is 9.18 Å². The van der Waals surface area contributed by atoms with Gasteiger partial charge in [0.15, 0.2) is 0 Å². The van der Waals surface area contributed by atoms with Crippen molar-refractivity contribution in [2.75, 3.05) is 19.7 Å². The average Bonchev–Trinajstić information content (AvgIpc) is 3.44. The molecule has 7 nitrogen and oxygen atoms in total. The second kappa shape index (κ2) is 8.71. The molecule has 3 fully saturated rings. The van der Waals surface area contributed by atoms with Crippen LogP contribution in [0.1, 0.15) is 50.5 Å². The number of hydrogen-bond donors (Lipinski definition) is 1. The maximum absolute atomic E-state index is 13.6. The first-order chi connectivity index (χ1) is 14.5. The van der Waals surface area contributed by atoms with Crippen molar-refractivity contribution in [3.05, 3.63) is 35.6 Å². The van der Waals surface area contributed by atoms with Gasteiger partial charge in [-0.25, -0.2) is 9.18 Å². The Morgan fingerprint density at radius 3 is 2.77 bits per heavy atom. The molecule has 1 unspecified atom stereocenters. The molecule has 2 saturated heterocycles. The monoisotopic (exact) mass is 417 g/mol. The van der Waals surface area contributed by atoms with Gasteiger partial charge in [-0.05, 0) is 43.4 Å². The third kappa shape index (κ3) is 4.33. The summed E-state index contributed by atoms with van der Waals surface area (Å²) in [5, 5.41) is 2.84. The molecule has 2 aliphatic heterocycles. The van der Waals surface area contributed by atoms with Crippen molar-refractivity contribution in [1.82, 2.24) is 15.1 Å². The Morgan fingerprint density at radius 1 is 1.27 bits per heavy atom. The van der Waals surface area contributed by atoms with Gasteiger partial charge in [-0.2, -0.15) is 0 Å². The number of amides is 4. The Kier molecular flexibility index (Phi) is 6.04. The molecule has 0 radical (unpaired) electrons. The van der Waals surface area contributed by atoms with Crippen LogP contribution in [-0.2, 0) is 20.9 Å². The van der Waals surface area contributed by atoms with Gasteiger partial charge in [-0.1, -0.05) is 25.0 Å². The number of rotatable bonds is 7. The van der Waals surface area contributed by atoms with Gasteiger partial charge in [-0.15, -0.1) is 0 Å². The van der Waals surface area contributed by atoms with E-state index in [-0.39, 0.29) is 43.2 Å². The van der Waals surface area contributed by atoms with Crippen LogP contribution in [-0.4, -0.2) is 59.0 Å². The molecular formula is C22H28FN3O4. The molecule has 4 rings (SSSR count). The Balaban J connectivity index is 1.40. The number of carbonyl (C=O) groups is 3. The number of carbonyl (C=O) groups excluding carboxylic acids is 3. The number of imide groups is 1. The van der Waals surface area contributed by atoms with Crippen LogP contribution < -0.4 is 5.32 Å². The SMILES string of the molecule is O=C(CCN1C(=O)NC2(CCCC2)C1=O)N(Cc1cccc(F)c1)CC1CCCO1. The molecule has 1 spiro atoms. The standard InChI is InChI=1S/C22H28FN3O4/c23-17-6-3-5-16(13-17)14-25(15-18-7-4-12-30-18)19(27)8-11-26-20(28)22(24-21(26)29)9-1-2-10-22/h3,5-6,13,18H,1-2,4,7-12,14-15H2,(H,24,29). The zero-order valence-corrected chi connectivity index (χ0v) is 17.1. The Labute approximate surface area is 175 Å². The summed E-state index contributed by atoms with van der Waals surface area (Å²) in [6.07, 6.45) is 4.99. The van der Waals surface area contributed by atoms with Gasteiger partial charge >= 0.3 is 6.03 Å². The fourth-order valence-electron chi connectivity index (χ4n) is 4.71. The highest BCUT2D eigenvalue weighted by Crippen LogP contribution is 2.35. The summed E-state index contributed by atoms with van der Waals surface area (Å²) in [5.74, 6) is -0.741. The summed E-state index contributed by atoms with van der Waals surface area (Å²) in [7, 11) is 0. The summed E-state index contributed by atoms with van der Waals surface area (Å²) in [5.41, 5.74) is -0.0692. The fourth-order valence-corrected chi connectivity index (χ4v) is 4.71. The maximum Gasteiger partial charge on any atom is 0.325 e. The third-order valence-corrected chi connectivity index (χ3v) is 6.32. The van der Waals surface area contributed by atoms with Crippen molar-refractivity contribution in [1.29, 1.82) is 0 Å². The first-order valence-corrected chi connectivity index (χ1v) is 10.7. The number of ether oxygens (including phenoxy) is 1. The average molecular weight is 417 g/mol. The zero-order chi connectivity index (χ0) is 21.1. The lowest BCUT2D eigenvalue weighted by Gasteiger charge is -2.26. The van der Waals surface area contributed by atoms with E-state index in [0.717, 1.165) is 25.7 Å². The minimum absolute atomic E-state index is 0.0390. The lowest BCUT2D eigenvalue weighted by molar-refractivity contribution is -0.135. The van der Waals surface area contributed by atoms with Gasteiger partial charge in [0.1, 0.15) is 11.4 Å². The van der Waals surface area contributed by atoms with Gasteiger partial charge in [0.2, 0.25) is 5.91 Å². The second-order valence-corrected chi connectivity index (χ2v) is 8.47. The Morgan fingerprint density at radius 2 is 2.07 bits per heavy atom. The van der Waals surface area contributed by atoms with Gasteiger partial charge in [0.25, 0.3) is 5.91 Å². The minimum Gasteiger partial charge on any atom is -0.376 e. The molecule has 0 aromatic heterocycles. The number of hydrogen-bond acceptors (Lipinski definition) is 4. The van der Waals surface area contributed by atoms with Crippen molar-refractivity contribution < 1.29 is 23.5 Å². The van der Waals surface area contributed by atoms with Gasteiger partial charge in [0.05, 0.1) is 6.10 Å². The largest absolute Gasteiger partial charge is 0.376 e. The van der Waals surface area contributed by atoms with Crippen molar-refractivity contribution in [2.24, 2.45) is 0 Å². The number of benzene rings is 1. The van der Waals surface area contributed by atoms with Crippen LogP contribution in [0.2, 0.25) is 0 Å². The summed E-state index contributed by atoms with van der Waals surface area (Å²) in [4.78, 5) is 41.0. The lowest BCUT2D eigenvalue weighted by atomic mass is 9.98. The molecule has 162 valence electrons. The molecule has 1 aromatic rings. The van der Waals surface area contributed by atoms with E-state index in [2.05, 4.69) is 5.32 Å². The molecule has 0 bridgehead atoms. The highest BCUT2D eigenvalue weighted by atomic mass is 19.1. The quantitative estimate of drug-likeness (QED) is 0.692. The molecule has 1 saturated carbocycles. The number of nitrogens with zero attached hydrogens (tertiary/aromatic N) is 2. The minimum atomic E-state index is -0.765. The second-order valence-electron chi connectivity index (χ2n) is 8.47. The summed E-state index contributed by atoms with van der Waals surface area (Å²) in [6.45, 7) is 1.41. The summed E-state index contributed by atoms with van der Waals surface area (Å²) in [6, 6.07) is 5.77. The Hall–Kier alpha value is -2.48. The predicted octanol–water partition coefficient (Wildman–Crippen LogP) is 2.59. The highest BCUT2D eigenvalue weighted by Gasteiger charge is 2.52. The molecular weight excluding hydrogens is 389 g/mol. The van der Waals surface area contributed by atoms with E-state index >= 15 is 0 Å². The van der Waals surface area contributed by atoms with Crippen LogP contribution in [0.15, 0.2) is 24.3 Å². The fraction of sp³-hybridized carbons (Fsp3) is 0.591. The van der Waals surface area contributed by atoms with Crippen LogP contribution >= 0.6 is 0 Å². The Bertz CT molecular complexity index is 818. The molecule has 1 atom stereocenters. The van der Waals surface area contributed by atoms with Crippen molar-refractivity contribution in [3.8, 4) is 0 Å². The van der Waals surface area contributed by atoms with Gasteiger partial charge in [0, 0.05) is 32.7 Å². The van der Waals surface area contributed by atoms with Gasteiger partial charge < -0.3 is 15.0 Å². The lowest BCUT2D eigenvalue weighted by Crippen LogP contribution is -2.44. The first-order valence-electron chi connectivity index (χ1n) is 10.7. The molecule has 1 aliphatic carbocycles. The normalized spacial score (nSPS) is 22.7. The summed E-state index contributed by atoms with van der Waals surface area (Å²) < 4.78 is 19.3. The molecule has 1 aromatic carbocycles. The van der Waals surface area contributed by atoms with E-state index in [1.165, 1.54) is 17.0 Å². The van der Waals surface area contributed by atoms with E-state index < -0.39 is 11.6 Å². The van der Waals surface area contributed by atoms with Crippen LogP contribution in [0.25, 0.3) is 0 Å². The smallest absolute Gasteiger partial charge is 0.325 e. The first kappa shape index (κ1) is 20.8. The number of nitrogens with one attached hydrogen (secondary N) is 1. The zero-order valence-electron chi connectivity index (χ0n) is 17.1. The maximum atomic E-state index is 13.6. The molecule has 30 heavy (non-hydrogen) atoms. The number of halogens is 1. The van der Waals surface area contributed by atoms with Crippen LogP contribution in [0.3, 0.4) is 0 Å². The van der Waals surface area contributed by atoms with Gasteiger partial charge in [-0.3, -0.25) is 14.5 Å². The number of urea groups is 1. The topological polar surface area (TPSA) is 79.0 Å². The van der Waals surface area contributed by atoms with E-state index in [1.807, 2.05) is 0 Å². The van der Waals surface area contributed by atoms with Crippen LogP contribution in [0.5, 0.6) is 0 Å². The molecule has 8 heteroatoms. The van der Waals surface area contributed by atoms with E-state index in [9.17, 15) is 18.8 Å². The van der Waals surface area contributed by atoms with E-state index in [1.54, 1.807) is 17.0 Å². The summed E-state index contributed by atoms with van der Waals surface area (Å²) >= 11 is 0. The van der Waals surface area contributed by atoms with Crippen molar-refractivity contribution in [3.63, 3.8) is 0 Å². The molecule has 3 aliphatic rings. The van der Waals surface area contributed by atoms with Crippen molar-refractivity contribution >= 4 is 17.8 Å². The molecule has 1 N–H and O–H groups in total. The highest BCUT2D eigenvalue weighted by molar-refractivity contribution is 6.07. The molecule has 4 amide bonds. The molecule has 2 heterocycles. The van der Waals surface area contributed by atoms with Crippen molar-refractivity contribution in [2.45, 2.75) is 63.1 Å². The van der Waals surface area contributed by atoms with E-state index in [4.69, 9.17) is 4.74 Å². The van der Waals surface area contributed by atoms with Crippen LogP contribution in [0, 0.1) is 5.82 Å². The third-order valence-electron chi connectivity index (χ3n) is 6.32.